The molecule has 1 heterocycles. The van der Waals surface area contributed by atoms with E-state index in [0.717, 1.165) is 0 Å². The van der Waals surface area contributed by atoms with Crippen LogP contribution >= 0.6 is 23.2 Å². The Balaban J connectivity index is 1.76. The van der Waals surface area contributed by atoms with E-state index >= 15 is 0 Å². The van der Waals surface area contributed by atoms with E-state index in [2.05, 4.69) is 0 Å². The van der Waals surface area contributed by atoms with E-state index in [-0.39, 0.29) is 29.4 Å². The number of carbonyl (C=O) groups is 3. The van der Waals surface area contributed by atoms with Crippen LogP contribution in [0.25, 0.3) is 0 Å². The monoisotopic (exact) mass is 431 g/mol. The first kappa shape index (κ1) is 22.3. The standard InChI is InChI=1S/C19H23Cl2NO6/c1-3-26-19(25)13-6-8-22(9-7-13)17(23)11-27-18(24)12(2)28-16-5-4-14(20)10-15(16)21/h4-5,10,12-13H,3,6-9,11H2,1-2H3. The van der Waals surface area contributed by atoms with Crippen molar-refractivity contribution in [3.8, 4) is 5.75 Å². The van der Waals surface area contributed by atoms with Crippen LogP contribution in [0.15, 0.2) is 18.2 Å². The van der Waals surface area contributed by atoms with Gasteiger partial charge in [0.1, 0.15) is 5.75 Å². The lowest BCUT2D eigenvalue weighted by atomic mass is 9.97. The minimum absolute atomic E-state index is 0.191. The van der Waals surface area contributed by atoms with Gasteiger partial charge in [-0.3, -0.25) is 9.59 Å². The SMILES string of the molecule is CCOC(=O)C1CCN(C(=O)COC(=O)C(C)Oc2ccc(Cl)cc2Cl)CC1. The van der Waals surface area contributed by atoms with Crippen LogP contribution in [-0.2, 0) is 23.9 Å². The Morgan fingerprint density at radius 1 is 1.18 bits per heavy atom. The molecule has 0 saturated carbocycles. The Morgan fingerprint density at radius 2 is 1.86 bits per heavy atom. The minimum Gasteiger partial charge on any atom is -0.477 e. The van der Waals surface area contributed by atoms with Crippen LogP contribution in [0.5, 0.6) is 5.75 Å². The predicted octanol–water partition coefficient (Wildman–Crippen LogP) is 3.11. The molecule has 0 radical (unpaired) electrons. The molecule has 1 unspecified atom stereocenters. The lowest BCUT2D eigenvalue weighted by molar-refractivity contribution is -0.158. The summed E-state index contributed by atoms with van der Waals surface area (Å²) >= 11 is 11.8. The Bertz CT molecular complexity index is 718. The quantitative estimate of drug-likeness (QED) is 0.616. The van der Waals surface area contributed by atoms with Crippen molar-refractivity contribution in [2.75, 3.05) is 26.3 Å². The zero-order chi connectivity index (χ0) is 20.7. The first-order valence-electron chi connectivity index (χ1n) is 9.04. The van der Waals surface area contributed by atoms with Crippen molar-refractivity contribution in [3.05, 3.63) is 28.2 Å². The van der Waals surface area contributed by atoms with E-state index < -0.39 is 12.1 Å². The third-order valence-electron chi connectivity index (χ3n) is 4.34. The highest BCUT2D eigenvalue weighted by molar-refractivity contribution is 6.35. The summed E-state index contributed by atoms with van der Waals surface area (Å²) in [4.78, 5) is 37.6. The van der Waals surface area contributed by atoms with Crippen molar-refractivity contribution < 1.29 is 28.6 Å². The van der Waals surface area contributed by atoms with Crippen molar-refractivity contribution in [3.63, 3.8) is 0 Å². The Hall–Kier alpha value is -1.99. The molecule has 0 aromatic heterocycles. The highest BCUT2D eigenvalue weighted by atomic mass is 35.5. The zero-order valence-corrected chi connectivity index (χ0v) is 17.3. The lowest BCUT2D eigenvalue weighted by Gasteiger charge is -2.30. The highest BCUT2D eigenvalue weighted by Gasteiger charge is 2.29. The highest BCUT2D eigenvalue weighted by Crippen LogP contribution is 2.28. The molecular weight excluding hydrogens is 409 g/mol. The summed E-state index contributed by atoms with van der Waals surface area (Å²) in [5.41, 5.74) is 0. The van der Waals surface area contributed by atoms with Crippen molar-refractivity contribution in [1.29, 1.82) is 0 Å². The molecule has 1 atom stereocenters. The van der Waals surface area contributed by atoms with Gasteiger partial charge in [0.15, 0.2) is 12.7 Å². The molecule has 1 saturated heterocycles. The number of ether oxygens (including phenoxy) is 3. The first-order chi connectivity index (χ1) is 13.3. The Kier molecular flexibility index (Phi) is 8.38. The number of halogens is 2. The molecule has 1 aromatic carbocycles. The van der Waals surface area contributed by atoms with Gasteiger partial charge in [-0.1, -0.05) is 23.2 Å². The van der Waals surface area contributed by atoms with Gasteiger partial charge in [-0.25, -0.2) is 4.79 Å². The van der Waals surface area contributed by atoms with Crippen LogP contribution in [0, 0.1) is 5.92 Å². The Morgan fingerprint density at radius 3 is 2.46 bits per heavy atom. The van der Waals surface area contributed by atoms with E-state index in [1.54, 1.807) is 24.0 Å². The Labute approximate surface area is 173 Å². The maximum atomic E-state index is 12.2. The molecule has 0 spiro atoms. The summed E-state index contributed by atoms with van der Waals surface area (Å²) in [6.45, 7) is 4.07. The molecule has 1 fully saturated rings. The van der Waals surface area contributed by atoms with Gasteiger partial charge in [-0.05, 0) is 44.9 Å². The van der Waals surface area contributed by atoms with E-state index in [1.165, 1.54) is 13.0 Å². The van der Waals surface area contributed by atoms with E-state index in [4.69, 9.17) is 37.4 Å². The number of nitrogens with zero attached hydrogens (tertiary/aromatic N) is 1. The van der Waals surface area contributed by atoms with Gasteiger partial charge in [0, 0.05) is 18.1 Å². The zero-order valence-electron chi connectivity index (χ0n) is 15.8. The summed E-state index contributed by atoms with van der Waals surface area (Å²) in [5, 5.41) is 0.720. The van der Waals surface area contributed by atoms with Crippen molar-refractivity contribution in [1.82, 2.24) is 4.90 Å². The third-order valence-corrected chi connectivity index (χ3v) is 4.87. The van der Waals surface area contributed by atoms with Gasteiger partial charge >= 0.3 is 11.9 Å². The average molecular weight is 432 g/mol. The maximum Gasteiger partial charge on any atom is 0.347 e. The van der Waals surface area contributed by atoms with Gasteiger partial charge in [0.2, 0.25) is 0 Å². The normalized spacial score (nSPS) is 15.6. The average Bonchev–Trinajstić information content (AvgIpc) is 2.68. The molecule has 7 nitrogen and oxygen atoms in total. The van der Waals surface area contributed by atoms with Gasteiger partial charge in [-0.15, -0.1) is 0 Å². The van der Waals surface area contributed by atoms with Crippen LogP contribution in [0.2, 0.25) is 10.0 Å². The molecule has 0 N–H and O–H groups in total. The molecule has 9 heteroatoms. The lowest BCUT2D eigenvalue weighted by Crippen LogP contribution is -2.43. The molecule has 1 aromatic rings. The van der Waals surface area contributed by atoms with Crippen LogP contribution < -0.4 is 4.74 Å². The summed E-state index contributed by atoms with van der Waals surface area (Å²) in [6, 6.07) is 4.64. The van der Waals surface area contributed by atoms with Crippen LogP contribution in [0.4, 0.5) is 0 Å². The number of benzene rings is 1. The van der Waals surface area contributed by atoms with Crippen molar-refractivity contribution >= 4 is 41.0 Å². The van der Waals surface area contributed by atoms with E-state index in [1.807, 2.05) is 0 Å². The number of piperidine rings is 1. The van der Waals surface area contributed by atoms with Crippen LogP contribution in [-0.4, -0.2) is 55.2 Å². The van der Waals surface area contributed by atoms with Crippen LogP contribution in [0.1, 0.15) is 26.7 Å². The number of amides is 1. The second-order valence-electron chi connectivity index (χ2n) is 6.35. The van der Waals surface area contributed by atoms with Crippen molar-refractivity contribution in [2.24, 2.45) is 5.92 Å². The molecule has 0 aliphatic carbocycles. The fourth-order valence-corrected chi connectivity index (χ4v) is 3.23. The maximum absolute atomic E-state index is 12.2. The molecular formula is C19H23Cl2NO6. The largest absolute Gasteiger partial charge is 0.477 e. The first-order valence-corrected chi connectivity index (χ1v) is 9.80. The number of hydrogen-bond acceptors (Lipinski definition) is 6. The molecule has 154 valence electrons. The number of hydrogen-bond donors (Lipinski definition) is 0. The van der Waals surface area contributed by atoms with Crippen LogP contribution in [0.3, 0.4) is 0 Å². The molecule has 1 aliphatic heterocycles. The van der Waals surface area contributed by atoms with Gasteiger partial charge in [0.25, 0.3) is 5.91 Å². The molecule has 1 amide bonds. The second kappa shape index (κ2) is 10.5. The molecule has 28 heavy (non-hydrogen) atoms. The molecule has 1 aliphatic rings. The van der Waals surface area contributed by atoms with Gasteiger partial charge < -0.3 is 19.1 Å². The number of rotatable bonds is 7. The van der Waals surface area contributed by atoms with Crippen molar-refractivity contribution in [2.45, 2.75) is 32.8 Å². The second-order valence-corrected chi connectivity index (χ2v) is 7.19. The summed E-state index contributed by atoms with van der Waals surface area (Å²) in [7, 11) is 0. The van der Waals surface area contributed by atoms with Gasteiger partial charge in [-0.2, -0.15) is 0 Å². The number of carbonyl (C=O) groups excluding carboxylic acids is 3. The summed E-state index contributed by atoms with van der Waals surface area (Å²) in [6.07, 6.45) is 0.126. The predicted molar refractivity (Wildman–Crippen MR) is 103 cm³/mol. The smallest absolute Gasteiger partial charge is 0.347 e. The third kappa shape index (κ3) is 6.27. The number of likely N-dealkylation sites (tertiary alicyclic amines) is 1. The summed E-state index contributed by atoms with van der Waals surface area (Å²) in [5.74, 6) is -1.12. The minimum atomic E-state index is -0.943. The summed E-state index contributed by atoms with van der Waals surface area (Å²) < 4.78 is 15.5. The topological polar surface area (TPSA) is 82.1 Å². The van der Waals surface area contributed by atoms with E-state index in [9.17, 15) is 14.4 Å². The molecule has 2 rings (SSSR count). The fraction of sp³-hybridized carbons (Fsp3) is 0.526. The number of esters is 2. The fourth-order valence-electron chi connectivity index (χ4n) is 2.78. The molecule has 0 bridgehead atoms. The van der Waals surface area contributed by atoms with E-state index in [0.29, 0.717) is 43.3 Å². The van der Waals surface area contributed by atoms with Gasteiger partial charge in [0.05, 0.1) is 17.5 Å².